The van der Waals surface area contributed by atoms with Crippen LogP contribution in [0.15, 0.2) is 0 Å². The fourth-order valence-corrected chi connectivity index (χ4v) is 1.50. The zero-order valence-corrected chi connectivity index (χ0v) is 7.05. The first kappa shape index (κ1) is 7.14. The average molecular weight is 153 g/mol. The minimum absolute atomic E-state index is 0.277. The molecule has 0 bridgehead atoms. The van der Waals surface area contributed by atoms with E-state index in [1.807, 2.05) is 0 Å². The van der Waals surface area contributed by atoms with Gasteiger partial charge in [0.05, 0.1) is 0 Å². The summed E-state index contributed by atoms with van der Waals surface area (Å²) in [5.74, 6) is 1.12. The molecular weight excluding hydrogens is 138 g/mol. The van der Waals surface area contributed by atoms with Crippen molar-refractivity contribution in [1.29, 1.82) is 0 Å². The van der Waals surface area contributed by atoms with Gasteiger partial charge in [-0.1, -0.05) is 0 Å². The summed E-state index contributed by atoms with van der Waals surface area (Å²) in [4.78, 5) is 13.2. The van der Waals surface area contributed by atoms with E-state index in [1.54, 1.807) is 6.92 Å². The molecule has 0 aromatic heterocycles. The standard InChI is InChI=1S/C9H15NO/c1-7(11)10(9-4-5-9)6-8-2-3-8/h8-9H,2-6H2,1H3. The Bertz CT molecular complexity index is 170. The van der Waals surface area contributed by atoms with Gasteiger partial charge in [-0.05, 0) is 31.6 Å². The van der Waals surface area contributed by atoms with E-state index in [2.05, 4.69) is 4.90 Å². The summed E-state index contributed by atoms with van der Waals surface area (Å²) < 4.78 is 0. The van der Waals surface area contributed by atoms with Gasteiger partial charge in [-0.3, -0.25) is 4.79 Å². The van der Waals surface area contributed by atoms with Gasteiger partial charge >= 0.3 is 0 Å². The lowest BCUT2D eigenvalue weighted by molar-refractivity contribution is -0.129. The molecule has 0 heterocycles. The maximum atomic E-state index is 11.1. The highest BCUT2D eigenvalue weighted by molar-refractivity contribution is 5.74. The molecule has 0 unspecified atom stereocenters. The number of amides is 1. The van der Waals surface area contributed by atoms with Crippen LogP contribution >= 0.6 is 0 Å². The fourth-order valence-electron chi connectivity index (χ4n) is 1.50. The summed E-state index contributed by atoms with van der Waals surface area (Å²) in [6, 6.07) is 0.619. The first-order valence-corrected chi connectivity index (χ1v) is 4.54. The van der Waals surface area contributed by atoms with Gasteiger partial charge in [0.15, 0.2) is 0 Å². The van der Waals surface area contributed by atoms with Crippen molar-refractivity contribution in [3.63, 3.8) is 0 Å². The predicted octanol–water partition coefficient (Wildman–Crippen LogP) is 1.41. The Morgan fingerprint density at radius 1 is 1.36 bits per heavy atom. The van der Waals surface area contributed by atoms with E-state index in [0.717, 1.165) is 12.5 Å². The van der Waals surface area contributed by atoms with E-state index >= 15 is 0 Å². The lowest BCUT2D eigenvalue weighted by atomic mass is 10.3. The number of hydrogen-bond acceptors (Lipinski definition) is 1. The van der Waals surface area contributed by atoms with Crippen molar-refractivity contribution in [2.45, 2.75) is 38.6 Å². The second kappa shape index (κ2) is 2.50. The highest BCUT2D eigenvalue weighted by Gasteiger charge is 2.34. The van der Waals surface area contributed by atoms with Gasteiger partial charge in [0.2, 0.25) is 5.91 Å². The minimum atomic E-state index is 0.277. The molecule has 0 atom stereocenters. The van der Waals surface area contributed by atoms with Crippen molar-refractivity contribution < 1.29 is 4.79 Å². The highest BCUT2D eigenvalue weighted by atomic mass is 16.2. The molecule has 0 saturated heterocycles. The highest BCUT2D eigenvalue weighted by Crippen LogP contribution is 2.34. The molecule has 1 amide bonds. The molecule has 2 heteroatoms. The topological polar surface area (TPSA) is 20.3 Å². The van der Waals surface area contributed by atoms with Crippen molar-refractivity contribution in [2.75, 3.05) is 6.54 Å². The van der Waals surface area contributed by atoms with Crippen LogP contribution in [0.4, 0.5) is 0 Å². The Morgan fingerprint density at radius 3 is 2.36 bits per heavy atom. The Hall–Kier alpha value is -0.530. The Balaban J connectivity index is 1.85. The fraction of sp³-hybridized carbons (Fsp3) is 0.889. The number of rotatable bonds is 3. The van der Waals surface area contributed by atoms with Gasteiger partial charge in [-0.25, -0.2) is 0 Å². The van der Waals surface area contributed by atoms with Crippen LogP contribution in [0.1, 0.15) is 32.6 Å². The summed E-state index contributed by atoms with van der Waals surface area (Å²) >= 11 is 0. The van der Waals surface area contributed by atoms with Crippen LogP contribution in [0.3, 0.4) is 0 Å². The van der Waals surface area contributed by atoms with Crippen LogP contribution in [0.2, 0.25) is 0 Å². The molecule has 0 N–H and O–H groups in total. The molecule has 2 fully saturated rings. The molecule has 0 aromatic rings. The number of carbonyl (C=O) groups is 1. The zero-order valence-electron chi connectivity index (χ0n) is 7.05. The second-order valence-electron chi connectivity index (χ2n) is 3.85. The summed E-state index contributed by atoms with van der Waals surface area (Å²) in [7, 11) is 0. The first-order chi connectivity index (χ1) is 5.27. The molecule has 0 spiro atoms. The van der Waals surface area contributed by atoms with Crippen LogP contribution in [0.25, 0.3) is 0 Å². The Kier molecular flexibility index (Phi) is 1.63. The Morgan fingerprint density at radius 2 is 2.00 bits per heavy atom. The van der Waals surface area contributed by atoms with Crippen LogP contribution in [-0.2, 0) is 4.79 Å². The first-order valence-electron chi connectivity index (χ1n) is 4.54. The summed E-state index contributed by atoms with van der Waals surface area (Å²) in [5.41, 5.74) is 0. The van der Waals surface area contributed by atoms with Gasteiger partial charge in [0.25, 0.3) is 0 Å². The lowest BCUT2D eigenvalue weighted by Gasteiger charge is -2.19. The van der Waals surface area contributed by atoms with Crippen LogP contribution < -0.4 is 0 Å². The average Bonchev–Trinajstić information content (AvgIpc) is 2.78. The number of carbonyl (C=O) groups excluding carboxylic acids is 1. The summed E-state index contributed by atoms with van der Waals surface area (Å²) in [5, 5.41) is 0. The second-order valence-corrected chi connectivity index (χ2v) is 3.85. The molecule has 11 heavy (non-hydrogen) atoms. The van der Waals surface area contributed by atoms with Crippen LogP contribution in [-0.4, -0.2) is 23.4 Å². The van der Waals surface area contributed by atoms with E-state index in [9.17, 15) is 4.79 Å². The van der Waals surface area contributed by atoms with Gasteiger partial charge in [-0.15, -0.1) is 0 Å². The lowest BCUT2D eigenvalue weighted by Crippen LogP contribution is -2.32. The molecule has 2 saturated carbocycles. The van der Waals surface area contributed by atoms with Crippen molar-refractivity contribution in [2.24, 2.45) is 5.92 Å². The van der Waals surface area contributed by atoms with E-state index in [-0.39, 0.29) is 5.91 Å². The van der Waals surface area contributed by atoms with Crippen LogP contribution in [0, 0.1) is 5.92 Å². The van der Waals surface area contributed by atoms with E-state index in [4.69, 9.17) is 0 Å². The smallest absolute Gasteiger partial charge is 0.219 e. The van der Waals surface area contributed by atoms with E-state index < -0.39 is 0 Å². The maximum absolute atomic E-state index is 11.1. The third-order valence-electron chi connectivity index (χ3n) is 2.54. The summed E-state index contributed by atoms with van der Waals surface area (Å²) in [6.45, 7) is 2.74. The normalized spacial score (nSPS) is 23.4. The molecule has 2 aliphatic carbocycles. The molecule has 0 radical (unpaired) electrons. The largest absolute Gasteiger partial charge is 0.340 e. The minimum Gasteiger partial charge on any atom is -0.340 e. The number of hydrogen-bond donors (Lipinski definition) is 0. The molecular formula is C9H15NO. The third kappa shape index (κ3) is 1.73. The van der Waals surface area contributed by atoms with Gasteiger partial charge < -0.3 is 4.90 Å². The predicted molar refractivity (Wildman–Crippen MR) is 43.1 cm³/mol. The zero-order chi connectivity index (χ0) is 7.84. The van der Waals surface area contributed by atoms with Gasteiger partial charge in [-0.2, -0.15) is 0 Å². The quantitative estimate of drug-likeness (QED) is 0.600. The van der Waals surface area contributed by atoms with Crippen molar-refractivity contribution >= 4 is 5.91 Å². The monoisotopic (exact) mass is 153 g/mol. The SMILES string of the molecule is CC(=O)N(CC1CC1)C1CC1. The molecule has 0 aromatic carbocycles. The van der Waals surface area contributed by atoms with E-state index in [0.29, 0.717) is 6.04 Å². The van der Waals surface area contributed by atoms with Crippen molar-refractivity contribution in [3.8, 4) is 0 Å². The molecule has 2 nitrogen and oxygen atoms in total. The Labute approximate surface area is 67.6 Å². The summed E-state index contributed by atoms with van der Waals surface area (Å²) in [6.07, 6.45) is 5.17. The molecule has 0 aliphatic heterocycles. The van der Waals surface area contributed by atoms with Crippen LogP contribution in [0.5, 0.6) is 0 Å². The van der Waals surface area contributed by atoms with Gasteiger partial charge in [0, 0.05) is 19.5 Å². The van der Waals surface area contributed by atoms with Crippen molar-refractivity contribution in [1.82, 2.24) is 4.90 Å². The van der Waals surface area contributed by atoms with Gasteiger partial charge in [0.1, 0.15) is 0 Å². The van der Waals surface area contributed by atoms with E-state index in [1.165, 1.54) is 25.7 Å². The maximum Gasteiger partial charge on any atom is 0.219 e. The molecule has 62 valence electrons. The molecule has 2 aliphatic rings. The van der Waals surface area contributed by atoms with Crippen molar-refractivity contribution in [3.05, 3.63) is 0 Å². The third-order valence-corrected chi connectivity index (χ3v) is 2.54. The molecule has 2 rings (SSSR count). The number of nitrogens with zero attached hydrogens (tertiary/aromatic N) is 1.